The number of benzene rings is 2. The number of rotatable bonds is 6. The fourth-order valence-corrected chi connectivity index (χ4v) is 2.10. The number of nitrogens with zero attached hydrogens (tertiary/aromatic N) is 1. The number of carbonyl (C=O) groups is 1. The number of amides is 1. The molecule has 0 radical (unpaired) electrons. The summed E-state index contributed by atoms with van der Waals surface area (Å²) >= 11 is 3.36. The number of hydrazone groups is 1. The molecule has 0 atom stereocenters. The van der Waals surface area contributed by atoms with Gasteiger partial charge in [-0.3, -0.25) is 4.79 Å². The van der Waals surface area contributed by atoms with Gasteiger partial charge in [-0.1, -0.05) is 46.1 Å². The molecule has 1 N–H and O–H groups in total. The van der Waals surface area contributed by atoms with Gasteiger partial charge < -0.3 is 4.74 Å². The third-order valence-corrected chi connectivity index (χ3v) is 3.43. The van der Waals surface area contributed by atoms with Gasteiger partial charge in [0.1, 0.15) is 12.4 Å². The van der Waals surface area contributed by atoms with Crippen LogP contribution in [0.3, 0.4) is 0 Å². The van der Waals surface area contributed by atoms with E-state index in [1.54, 1.807) is 6.07 Å². The average molecular weight is 371 g/mol. The van der Waals surface area contributed by atoms with E-state index < -0.39 is 0 Å². The normalized spacial score (nSPS) is 10.3. The fraction of sp³-hybridized carbons (Fsp3) is 0.111. The second-order valence-corrected chi connectivity index (χ2v) is 5.54. The van der Waals surface area contributed by atoms with E-state index in [1.165, 1.54) is 6.21 Å². The maximum Gasteiger partial charge on any atom is 0.244 e. The van der Waals surface area contributed by atoms with E-state index in [4.69, 9.17) is 11.2 Å². The molecule has 0 aliphatic heterocycles. The minimum absolute atomic E-state index is 0.181. The SMILES string of the molecule is C#CCOc1ccccc1/C=N\NC(=O)Cc1ccc(Br)cc1. The molecule has 0 aromatic heterocycles. The van der Waals surface area contributed by atoms with E-state index in [0.717, 1.165) is 15.6 Å². The van der Waals surface area contributed by atoms with Crippen LogP contribution in [-0.4, -0.2) is 18.7 Å². The van der Waals surface area contributed by atoms with Gasteiger partial charge >= 0.3 is 0 Å². The molecule has 2 rings (SSSR count). The number of nitrogens with one attached hydrogen (secondary N) is 1. The smallest absolute Gasteiger partial charge is 0.244 e. The lowest BCUT2D eigenvalue weighted by Crippen LogP contribution is -2.19. The van der Waals surface area contributed by atoms with Crippen LogP contribution in [0.2, 0.25) is 0 Å². The Balaban J connectivity index is 1.92. The summed E-state index contributed by atoms with van der Waals surface area (Å²) in [6.07, 6.45) is 6.98. The van der Waals surface area contributed by atoms with E-state index in [0.29, 0.717) is 5.75 Å². The third-order valence-electron chi connectivity index (χ3n) is 2.90. The summed E-state index contributed by atoms with van der Waals surface area (Å²) in [5, 5.41) is 3.96. The van der Waals surface area contributed by atoms with Gasteiger partial charge in [-0.25, -0.2) is 5.43 Å². The Hall–Kier alpha value is -2.58. The molecule has 116 valence electrons. The summed E-state index contributed by atoms with van der Waals surface area (Å²) in [5.41, 5.74) is 4.16. The molecular formula is C18H15BrN2O2. The number of para-hydroxylation sites is 1. The lowest BCUT2D eigenvalue weighted by atomic mass is 10.1. The van der Waals surface area contributed by atoms with Crippen LogP contribution in [0, 0.1) is 12.3 Å². The molecule has 0 saturated heterocycles. The van der Waals surface area contributed by atoms with Crippen LogP contribution in [-0.2, 0) is 11.2 Å². The minimum atomic E-state index is -0.189. The Morgan fingerprint density at radius 3 is 2.74 bits per heavy atom. The number of terminal acetylenes is 1. The second kappa shape index (κ2) is 8.76. The second-order valence-electron chi connectivity index (χ2n) is 4.63. The van der Waals surface area contributed by atoms with Gasteiger partial charge in [0.05, 0.1) is 12.6 Å². The number of halogens is 1. The van der Waals surface area contributed by atoms with Crippen molar-refractivity contribution in [1.82, 2.24) is 5.43 Å². The zero-order valence-corrected chi connectivity index (χ0v) is 13.9. The summed E-state index contributed by atoms with van der Waals surface area (Å²) in [5.74, 6) is 2.84. The monoisotopic (exact) mass is 370 g/mol. The third kappa shape index (κ3) is 5.61. The molecule has 2 aromatic carbocycles. The zero-order valence-electron chi connectivity index (χ0n) is 12.3. The van der Waals surface area contributed by atoms with Crippen molar-refractivity contribution < 1.29 is 9.53 Å². The molecule has 23 heavy (non-hydrogen) atoms. The highest BCUT2D eigenvalue weighted by Crippen LogP contribution is 2.15. The van der Waals surface area contributed by atoms with Crippen LogP contribution >= 0.6 is 15.9 Å². The largest absolute Gasteiger partial charge is 0.480 e. The maximum absolute atomic E-state index is 11.9. The molecule has 0 spiro atoms. The fourth-order valence-electron chi connectivity index (χ4n) is 1.84. The zero-order chi connectivity index (χ0) is 16.5. The van der Waals surface area contributed by atoms with Gasteiger partial charge in [0.2, 0.25) is 5.91 Å². The van der Waals surface area contributed by atoms with Crippen molar-refractivity contribution in [2.24, 2.45) is 5.10 Å². The van der Waals surface area contributed by atoms with Crippen LogP contribution in [0.15, 0.2) is 58.1 Å². The number of hydrogen-bond donors (Lipinski definition) is 1. The molecule has 1 amide bonds. The molecule has 2 aromatic rings. The molecular weight excluding hydrogens is 356 g/mol. The van der Waals surface area contributed by atoms with Crippen molar-refractivity contribution in [2.75, 3.05) is 6.61 Å². The van der Waals surface area contributed by atoms with E-state index >= 15 is 0 Å². The Bertz CT molecular complexity index is 733. The van der Waals surface area contributed by atoms with Crippen molar-refractivity contribution in [2.45, 2.75) is 6.42 Å². The molecule has 0 aliphatic carbocycles. The van der Waals surface area contributed by atoms with Gasteiger partial charge in [0, 0.05) is 10.0 Å². The van der Waals surface area contributed by atoms with E-state index in [1.807, 2.05) is 42.5 Å². The van der Waals surface area contributed by atoms with Crippen molar-refractivity contribution >= 4 is 28.1 Å². The predicted molar refractivity (Wildman–Crippen MR) is 94.4 cm³/mol. The summed E-state index contributed by atoms with van der Waals surface area (Å²) in [4.78, 5) is 11.9. The number of hydrogen-bond acceptors (Lipinski definition) is 3. The van der Waals surface area contributed by atoms with E-state index in [2.05, 4.69) is 32.4 Å². The van der Waals surface area contributed by atoms with Crippen LogP contribution < -0.4 is 10.2 Å². The Kier molecular flexibility index (Phi) is 6.40. The van der Waals surface area contributed by atoms with Crippen LogP contribution in [0.1, 0.15) is 11.1 Å². The van der Waals surface area contributed by atoms with E-state index in [9.17, 15) is 4.79 Å². The predicted octanol–water partition coefficient (Wildman–Crippen LogP) is 3.15. The first-order valence-electron chi connectivity index (χ1n) is 6.90. The van der Waals surface area contributed by atoms with Gasteiger partial charge in [-0.15, -0.1) is 6.42 Å². The summed E-state index contributed by atoms with van der Waals surface area (Å²) < 4.78 is 6.38. The molecule has 0 saturated carbocycles. The molecule has 4 nitrogen and oxygen atoms in total. The van der Waals surface area contributed by atoms with E-state index in [-0.39, 0.29) is 18.9 Å². The van der Waals surface area contributed by atoms with Crippen LogP contribution in [0.4, 0.5) is 0 Å². The van der Waals surface area contributed by atoms with Crippen molar-refractivity contribution in [3.63, 3.8) is 0 Å². The summed E-state index contributed by atoms with van der Waals surface area (Å²) in [7, 11) is 0. The topological polar surface area (TPSA) is 50.7 Å². The molecule has 0 fully saturated rings. The lowest BCUT2D eigenvalue weighted by Gasteiger charge is -2.05. The highest BCUT2D eigenvalue weighted by Gasteiger charge is 2.03. The highest BCUT2D eigenvalue weighted by atomic mass is 79.9. The van der Waals surface area contributed by atoms with Crippen molar-refractivity contribution in [3.05, 3.63) is 64.1 Å². The molecule has 0 aliphatic rings. The summed E-state index contributed by atoms with van der Waals surface area (Å²) in [6, 6.07) is 14.9. The first-order valence-corrected chi connectivity index (χ1v) is 7.70. The van der Waals surface area contributed by atoms with Crippen LogP contribution in [0.25, 0.3) is 0 Å². The van der Waals surface area contributed by atoms with Gasteiger partial charge in [0.15, 0.2) is 0 Å². The molecule has 5 heteroatoms. The van der Waals surface area contributed by atoms with Gasteiger partial charge in [0.25, 0.3) is 0 Å². The number of ether oxygens (including phenoxy) is 1. The Morgan fingerprint density at radius 1 is 1.26 bits per heavy atom. The number of carbonyl (C=O) groups excluding carboxylic acids is 1. The lowest BCUT2D eigenvalue weighted by molar-refractivity contribution is -0.120. The van der Waals surface area contributed by atoms with Crippen LogP contribution in [0.5, 0.6) is 5.75 Å². The molecule has 0 heterocycles. The van der Waals surface area contributed by atoms with Crippen molar-refractivity contribution in [1.29, 1.82) is 0 Å². The first kappa shape index (κ1) is 16.8. The molecule has 0 unspecified atom stereocenters. The summed E-state index contributed by atoms with van der Waals surface area (Å²) in [6.45, 7) is 0.181. The maximum atomic E-state index is 11.9. The highest BCUT2D eigenvalue weighted by molar-refractivity contribution is 9.10. The van der Waals surface area contributed by atoms with Gasteiger partial charge in [-0.2, -0.15) is 5.10 Å². The molecule has 0 bridgehead atoms. The Morgan fingerprint density at radius 2 is 2.00 bits per heavy atom. The quantitative estimate of drug-likeness (QED) is 0.482. The standard InChI is InChI=1S/C18H15BrN2O2/c1-2-11-23-17-6-4-3-5-15(17)13-20-21-18(22)12-14-7-9-16(19)10-8-14/h1,3-10,13H,11-12H2,(H,21,22)/b20-13-. The average Bonchev–Trinajstić information content (AvgIpc) is 2.56. The first-order chi connectivity index (χ1) is 11.2. The Labute approximate surface area is 143 Å². The minimum Gasteiger partial charge on any atom is -0.480 e. The van der Waals surface area contributed by atoms with Crippen molar-refractivity contribution in [3.8, 4) is 18.1 Å². The van der Waals surface area contributed by atoms with Gasteiger partial charge in [-0.05, 0) is 29.8 Å².